The summed E-state index contributed by atoms with van der Waals surface area (Å²) >= 11 is 0. The van der Waals surface area contributed by atoms with Gasteiger partial charge < -0.3 is 14.8 Å². The van der Waals surface area contributed by atoms with Crippen molar-refractivity contribution in [2.45, 2.75) is 50.1 Å². The number of amides is 2. The van der Waals surface area contributed by atoms with Gasteiger partial charge in [0.15, 0.2) is 0 Å². The van der Waals surface area contributed by atoms with E-state index in [1.165, 1.54) is 31.4 Å². The van der Waals surface area contributed by atoms with Crippen LogP contribution in [0.2, 0.25) is 0 Å². The predicted octanol–water partition coefficient (Wildman–Crippen LogP) is 3.81. The lowest BCUT2D eigenvalue weighted by Gasteiger charge is -2.24. The van der Waals surface area contributed by atoms with Crippen molar-refractivity contribution in [2.75, 3.05) is 26.8 Å². The molecule has 0 aliphatic carbocycles. The molecule has 0 atom stereocenters. The molecule has 10 heteroatoms. The number of fused-ring (bicyclic) bond motifs is 1. The number of methoxy groups -OCH3 is 1. The second-order valence-corrected chi connectivity index (χ2v) is 11.7. The lowest BCUT2D eigenvalue weighted by atomic mass is 10.0. The van der Waals surface area contributed by atoms with Gasteiger partial charge in [-0.05, 0) is 67.1 Å². The first kappa shape index (κ1) is 30.1. The first-order valence-electron chi connectivity index (χ1n) is 13.8. The molecule has 3 aromatic rings. The van der Waals surface area contributed by atoms with Crippen LogP contribution in [-0.4, -0.2) is 51.9 Å². The van der Waals surface area contributed by atoms with E-state index in [0.717, 1.165) is 41.7 Å². The average Bonchev–Trinajstić information content (AvgIpc) is 2.97. The van der Waals surface area contributed by atoms with Crippen LogP contribution in [0.3, 0.4) is 0 Å². The number of benzene rings is 3. The third-order valence-corrected chi connectivity index (χ3v) is 8.18. The van der Waals surface area contributed by atoms with Crippen LogP contribution in [0.15, 0.2) is 77.7 Å². The molecule has 0 fully saturated rings. The number of hydrogen-bond donors (Lipinski definition) is 2. The summed E-state index contributed by atoms with van der Waals surface area (Å²) in [5.74, 6) is 0.657. The summed E-state index contributed by atoms with van der Waals surface area (Å²) in [7, 11) is -2.50. The monoisotopic (exact) mass is 579 g/mol. The Labute approximate surface area is 241 Å². The molecule has 1 aliphatic rings. The van der Waals surface area contributed by atoms with Crippen molar-refractivity contribution in [1.29, 1.82) is 0 Å². The Balaban J connectivity index is 1.47. The third-order valence-electron chi connectivity index (χ3n) is 6.79. The van der Waals surface area contributed by atoms with Gasteiger partial charge in [-0.3, -0.25) is 14.5 Å². The largest absolute Gasteiger partial charge is 0.497 e. The van der Waals surface area contributed by atoms with Gasteiger partial charge in [0.2, 0.25) is 11.8 Å². The van der Waals surface area contributed by atoms with Gasteiger partial charge in [0.05, 0.1) is 25.2 Å². The van der Waals surface area contributed by atoms with Gasteiger partial charge >= 0.3 is 0 Å². The molecule has 218 valence electrons. The molecular weight excluding hydrogens is 542 g/mol. The maximum atomic E-state index is 12.7. The smallest absolute Gasteiger partial charge is 0.264 e. The zero-order valence-electron chi connectivity index (χ0n) is 23.3. The van der Waals surface area contributed by atoms with Crippen molar-refractivity contribution in [1.82, 2.24) is 14.9 Å². The highest BCUT2D eigenvalue weighted by Gasteiger charge is 2.19. The number of carbonyl (C=O) groups is 2. The van der Waals surface area contributed by atoms with Gasteiger partial charge in [-0.15, -0.1) is 0 Å². The van der Waals surface area contributed by atoms with Gasteiger partial charge in [0, 0.05) is 31.6 Å². The number of rotatable bonds is 8. The van der Waals surface area contributed by atoms with Crippen molar-refractivity contribution in [3.63, 3.8) is 0 Å². The van der Waals surface area contributed by atoms with E-state index in [4.69, 9.17) is 9.47 Å². The highest BCUT2D eigenvalue weighted by molar-refractivity contribution is 7.90. The lowest BCUT2D eigenvalue weighted by molar-refractivity contribution is -0.122. The van der Waals surface area contributed by atoms with Crippen LogP contribution in [-0.2, 0) is 39.1 Å². The molecule has 0 spiro atoms. The average molecular weight is 580 g/mol. The van der Waals surface area contributed by atoms with Crippen LogP contribution < -0.4 is 19.5 Å². The standard InChI is InChI=1S/C31H37N3O6S/c1-39-27-12-14-28(15-13-27)41(37,38)33-30(35)17-11-24-10-16-29-26(20-24)22-34(21-25-8-4-2-5-9-25)23-31(36)32-18-6-3-7-19-40-29/h2,4-5,8-10,12-16,20H,3,6-7,11,17-19,21-23H2,1H3,(H,32,36)(H,33,35). The molecule has 0 unspecified atom stereocenters. The summed E-state index contributed by atoms with van der Waals surface area (Å²) in [6, 6.07) is 21.6. The summed E-state index contributed by atoms with van der Waals surface area (Å²) < 4.78 is 38.6. The number of nitrogens with one attached hydrogen (secondary N) is 2. The third kappa shape index (κ3) is 9.33. The van der Waals surface area contributed by atoms with Gasteiger partial charge in [0.1, 0.15) is 11.5 Å². The number of ether oxygens (including phenoxy) is 2. The molecule has 1 aliphatic heterocycles. The molecule has 0 saturated carbocycles. The Bertz CT molecular complexity index is 1410. The fraction of sp³-hybridized carbons (Fsp3) is 0.355. The molecule has 2 amide bonds. The zero-order valence-corrected chi connectivity index (χ0v) is 24.1. The van der Waals surface area contributed by atoms with E-state index in [1.807, 2.05) is 48.5 Å². The van der Waals surface area contributed by atoms with E-state index in [-0.39, 0.29) is 23.8 Å². The number of aryl methyl sites for hydroxylation is 1. The fourth-order valence-corrected chi connectivity index (χ4v) is 5.66. The van der Waals surface area contributed by atoms with Crippen molar-refractivity contribution < 1.29 is 27.5 Å². The number of hydrogen-bond acceptors (Lipinski definition) is 7. The van der Waals surface area contributed by atoms with Crippen LogP contribution in [0, 0.1) is 0 Å². The van der Waals surface area contributed by atoms with Crippen LogP contribution in [0.5, 0.6) is 11.5 Å². The minimum Gasteiger partial charge on any atom is -0.497 e. The van der Waals surface area contributed by atoms with Crippen LogP contribution in [0.4, 0.5) is 0 Å². The second kappa shape index (κ2) is 14.7. The molecule has 3 aromatic carbocycles. The minimum atomic E-state index is -3.99. The lowest BCUT2D eigenvalue weighted by Crippen LogP contribution is -2.37. The van der Waals surface area contributed by atoms with Crippen LogP contribution in [0.1, 0.15) is 42.4 Å². The summed E-state index contributed by atoms with van der Waals surface area (Å²) in [6.07, 6.45) is 3.07. The zero-order chi connectivity index (χ0) is 29.1. The first-order valence-corrected chi connectivity index (χ1v) is 15.3. The van der Waals surface area contributed by atoms with Gasteiger partial charge in [0.25, 0.3) is 10.0 Å². The number of carbonyl (C=O) groups excluding carboxylic acids is 2. The second-order valence-electron chi connectivity index (χ2n) is 10.0. The molecular formula is C31H37N3O6S. The van der Waals surface area contributed by atoms with E-state index in [9.17, 15) is 18.0 Å². The van der Waals surface area contributed by atoms with Crippen molar-refractivity contribution >= 4 is 21.8 Å². The Morgan fingerprint density at radius 3 is 2.51 bits per heavy atom. The molecule has 9 nitrogen and oxygen atoms in total. The Morgan fingerprint density at radius 2 is 1.76 bits per heavy atom. The van der Waals surface area contributed by atoms with Crippen LogP contribution in [0.25, 0.3) is 0 Å². The van der Waals surface area contributed by atoms with E-state index in [0.29, 0.717) is 38.4 Å². The Hall–Kier alpha value is -3.89. The van der Waals surface area contributed by atoms with E-state index in [1.54, 1.807) is 0 Å². The maximum absolute atomic E-state index is 12.7. The van der Waals surface area contributed by atoms with E-state index < -0.39 is 15.9 Å². The topological polar surface area (TPSA) is 114 Å². The molecule has 0 radical (unpaired) electrons. The fourth-order valence-electron chi connectivity index (χ4n) is 4.65. The Kier molecular flexibility index (Phi) is 10.8. The van der Waals surface area contributed by atoms with Crippen LogP contribution >= 0.6 is 0 Å². The number of nitrogens with zero attached hydrogens (tertiary/aromatic N) is 1. The molecule has 4 rings (SSSR count). The van der Waals surface area contributed by atoms with Gasteiger partial charge in [-0.1, -0.05) is 42.5 Å². The maximum Gasteiger partial charge on any atom is 0.264 e. The summed E-state index contributed by atoms with van der Waals surface area (Å²) in [6.45, 7) is 2.52. The van der Waals surface area contributed by atoms with E-state index >= 15 is 0 Å². The quantitative estimate of drug-likeness (QED) is 0.417. The summed E-state index contributed by atoms with van der Waals surface area (Å²) in [4.78, 5) is 27.4. The molecule has 1 heterocycles. The van der Waals surface area contributed by atoms with Crippen molar-refractivity contribution in [3.8, 4) is 11.5 Å². The molecule has 41 heavy (non-hydrogen) atoms. The normalized spacial score (nSPS) is 15.2. The number of sulfonamides is 1. The van der Waals surface area contributed by atoms with Crippen molar-refractivity contribution in [3.05, 3.63) is 89.5 Å². The predicted molar refractivity (Wildman–Crippen MR) is 156 cm³/mol. The molecule has 0 aromatic heterocycles. The van der Waals surface area contributed by atoms with Gasteiger partial charge in [-0.25, -0.2) is 13.1 Å². The Morgan fingerprint density at radius 1 is 0.976 bits per heavy atom. The van der Waals surface area contributed by atoms with Crippen molar-refractivity contribution in [2.24, 2.45) is 0 Å². The molecule has 0 bridgehead atoms. The summed E-state index contributed by atoms with van der Waals surface area (Å²) in [5.41, 5.74) is 2.88. The highest BCUT2D eigenvalue weighted by Crippen LogP contribution is 2.25. The molecule has 2 N–H and O–H groups in total. The van der Waals surface area contributed by atoms with E-state index in [2.05, 4.69) is 14.9 Å². The summed E-state index contributed by atoms with van der Waals surface area (Å²) in [5, 5.41) is 3.02. The highest BCUT2D eigenvalue weighted by atomic mass is 32.2. The SMILES string of the molecule is COc1ccc(S(=O)(=O)NC(=O)CCc2ccc3c(c2)CN(Cc2ccccc2)CC(=O)NCCCCCO3)cc1. The molecule has 0 saturated heterocycles. The minimum absolute atomic E-state index is 0.00877. The first-order chi connectivity index (χ1) is 19.8. The van der Waals surface area contributed by atoms with Gasteiger partial charge in [-0.2, -0.15) is 0 Å².